The van der Waals surface area contributed by atoms with Crippen molar-refractivity contribution in [3.05, 3.63) is 22.7 Å². The van der Waals surface area contributed by atoms with Crippen LogP contribution in [0.2, 0.25) is 5.02 Å². The van der Waals surface area contributed by atoms with E-state index in [1.807, 2.05) is 12.1 Å². The van der Waals surface area contributed by atoms with E-state index in [9.17, 15) is 0 Å². The fourth-order valence-corrected chi connectivity index (χ4v) is 2.03. The summed E-state index contributed by atoms with van der Waals surface area (Å²) in [5.41, 5.74) is 6.67. The Bertz CT molecular complexity index is 477. The minimum atomic E-state index is 0.438. The molecule has 3 N–H and O–H groups in total. The molecule has 104 valence electrons. The van der Waals surface area contributed by atoms with E-state index < -0.39 is 0 Å². The summed E-state index contributed by atoms with van der Waals surface area (Å²) in [5.74, 6) is 1.72. The first-order valence-corrected chi connectivity index (χ1v) is 6.70. The number of guanidine groups is 1. The highest BCUT2D eigenvalue weighted by Crippen LogP contribution is 2.38. The van der Waals surface area contributed by atoms with Crippen molar-refractivity contribution >= 4 is 17.6 Å². The zero-order valence-corrected chi connectivity index (χ0v) is 11.7. The molecule has 0 aliphatic carbocycles. The summed E-state index contributed by atoms with van der Waals surface area (Å²) in [6.45, 7) is 4.41. The van der Waals surface area contributed by atoms with E-state index in [2.05, 4.69) is 17.2 Å². The molecule has 0 spiro atoms. The molecule has 0 saturated heterocycles. The van der Waals surface area contributed by atoms with Gasteiger partial charge in [-0.2, -0.15) is 0 Å². The molecule has 1 aliphatic rings. The second-order valence-corrected chi connectivity index (χ2v) is 4.64. The molecule has 0 radical (unpaired) electrons. The maximum absolute atomic E-state index is 6.15. The number of nitrogens with zero attached hydrogens (tertiary/aromatic N) is 1. The molecule has 0 saturated carbocycles. The van der Waals surface area contributed by atoms with Gasteiger partial charge in [0.05, 0.1) is 11.6 Å². The summed E-state index contributed by atoms with van der Waals surface area (Å²) in [5, 5.41) is 3.56. The Morgan fingerprint density at radius 3 is 3.00 bits per heavy atom. The third-order valence-corrected chi connectivity index (χ3v) is 2.93. The minimum Gasteiger partial charge on any atom is -0.486 e. The van der Waals surface area contributed by atoms with Crippen LogP contribution in [0.15, 0.2) is 17.1 Å². The van der Waals surface area contributed by atoms with Crippen molar-refractivity contribution < 1.29 is 9.47 Å². The van der Waals surface area contributed by atoms with Gasteiger partial charge in [0.2, 0.25) is 0 Å². The average molecular weight is 284 g/mol. The van der Waals surface area contributed by atoms with Crippen LogP contribution in [0, 0.1) is 0 Å². The lowest BCUT2D eigenvalue weighted by Gasteiger charge is -2.20. The van der Waals surface area contributed by atoms with Crippen molar-refractivity contribution in [2.75, 3.05) is 19.8 Å². The minimum absolute atomic E-state index is 0.438. The fourth-order valence-electron chi connectivity index (χ4n) is 1.74. The molecule has 6 heteroatoms. The largest absolute Gasteiger partial charge is 0.486 e. The van der Waals surface area contributed by atoms with Gasteiger partial charge in [-0.05, 0) is 24.1 Å². The van der Waals surface area contributed by atoms with Crippen LogP contribution < -0.4 is 20.5 Å². The summed E-state index contributed by atoms with van der Waals surface area (Å²) in [4.78, 5) is 4.25. The van der Waals surface area contributed by atoms with E-state index in [0.29, 0.717) is 42.2 Å². The molecular weight excluding hydrogens is 266 g/mol. The van der Waals surface area contributed by atoms with Gasteiger partial charge in [-0.25, -0.2) is 4.99 Å². The Labute approximate surface area is 117 Å². The summed E-state index contributed by atoms with van der Waals surface area (Å²) in [6.07, 6.45) is 1.01. The maximum atomic E-state index is 6.15. The normalized spacial score (nSPS) is 14.3. The molecule has 0 bridgehead atoms. The number of halogens is 1. The second kappa shape index (κ2) is 6.52. The van der Waals surface area contributed by atoms with Gasteiger partial charge in [0.1, 0.15) is 13.2 Å². The average Bonchev–Trinajstić information content (AvgIpc) is 2.43. The molecule has 0 unspecified atom stereocenters. The summed E-state index contributed by atoms with van der Waals surface area (Å²) in [7, 11) is 0. The van der Waals surface area contributed by atoms with Crippen LogP contribution >= 0.6 is 11.6 Å². The van der Waals surface area contributed by atoms with Gasteiger partial charge in [0, 0.05) is 6.54 Å². The van der Waals surface area contributed by atoms with E-state index >= 15 is 0 Å². The van der Waals surface area contributed by atoms with Crippen molar-refractivity contribution in [1.82, 2.24) is 5.32 Å². The SMILES string of the molecule is CCCNC(N)=NCc1cc(Cl)c2c(c1)OCCO2. The van der Waals surface area contributed by atoms with E-state index in [4.69, 9.17) is 26.8 Å². The van der Waals surface area contributed by atoms with Gasteiger partial charge >= 0.3 is 0 Å². The first-order chi connectivity index (χ1) is 9.20. The number of aliphatic imine (C=N–C) groups is 1. The van der Waals surface area contributed by atoms with Crippen LogP contribution in [0.25, 0.3) is 0 Å². The Morgan fingerprint density at radius 2 is 2.21 bits per heavy atom. The van der Waals surface area contributed by atoms with Crippen LogP contribution in [0.4, 0.5) is 0 Å². The fraction of sp³-hybridized carbons (Fsp3) is 0.462. The van der Waals surface area contributed by atoms with Crippen molar-refractivity contribution in [3.63, 3.8) is 0 Å². The monoisotopic (exact) mass is 283 g/mol. The molecule has 19 heavy (non-hydrogen) atoms. The Balaban J connectivity index is 2.07. The highest BCUT2D eigenvalue weighted by Gasteiger charge is 2.16. The van der Waals surface area contributed by atoms with Crippen LogP contribution in [0.5, 0.6) is 11.5 Å². The Kier molecular flexibility index (Phi) is 4.74. The third kappa shape index (κ3) is 3.67. The topological polar surface area (TPSA) is 68.9 Å². The predicted octanol–water partition coefficient (Wildman–Crippen LogP) is 1.93. The first kappa shape index (κ1) is 13.8. The summed E-state index contributed by atoms with van der Waals surface area (Å²) >= 11 is 6.15. The number of rotatable bonds is 4. The molecular formula is C13H18ClN3O2. The van der Waals surface area contributed by atoms with Crippen LogP contribution in [-0.2, 0) is 6.54 Å². The molecule has 1 aromatic carbocycles. The van der Waals surface area contributed by atoms with Gasteiger partial charge in [-0.15, -0.1) is 0 Å². The van der Waals surface area contributed by atoms with Crippen LogP contribution in [-0.4, -0.2) is 25.7 Å². The standard InChI is InChI=1S/C13H18ClN3O2/c1-2-3-16-13(15)17-8-9-6-10(14)12-11(7-9)18-4-5-19-12/h6-7H,2-5,8H2,1H3,(H3,15,16,17). The number of ether oxygens (including phenoxy) is 2. The smallest absolute Gasteiger partial charge is 0.188 e. The molecule has 0 amide bonds. The highest BCUT2D eigenvalue weighted by molar-refractivity contribution is 6.32. The second-order valence-electron chi connectivity index (χ2n) is 4.23. The van der Waals surface area contributed by atoms with Crippen LogP contribution in [0.3, 0.4) is 0 Å². The van der Waals surface area contributed by atoms with E-state index in [-0.39, 0.29) is 0 Å². The third-order valence-electron chi connectivity index (χ3n) is 2.64. The molecule has 0 fully saturated rings. The molecule has 1 aliphatic heterocycles. The predicted molar refractivity (Wildman–Crippen MR) is 76.1 cm³/mol. The van der Waals surface area contributed by atoms with Crippen molar-refractivity contribution in [1.29, 1.82) is 0 Å². The summed E-state index contributed by atoms with van der Waals surface area (Å²) < 4.78 is 11.0. The molecule has 0 atom stereocenters. The number of benzene rings is 1. The highest BCUT2D eigenvalue weighted by atomic mass is 35.5. The summed E-state index contributed by atoms with van der Waals surface area (Å²) in [6, 6.07) is 3.71. The molecule has 0 aromatic heterocycles. The Morgan fingerprint density at radius 1 is 1.42 bits per heavy atom. The van der Waals surface area contributed by atoms with E-state index in [1.165, 1.54) is 0 Å². The lowest BCUT2D eigenvalue weighted by Crippen LogP contribution is -2.32. The zero-order valence-electron chi connectivity index (χ0n) is 10.9. The Hall–Kier alpha value is -1.62. The first-order valence-electron chi connectivity index (χ1n) is 6.32. The van der Waals surface area contributed by atoms with Gasteiger partial charge in [0.25, 0.3) is 0 Å². The number of nitrogens with two attached hydrogens (primary N) is 1. The van der Waals surface area contributed by atoms with Gasteiger partial charge < -0.3 is 20.5 Å². The zero-order chi connectivity index (χ0) is 13.7. The van der Waals surface area contributed by atoms with Crippen molar-refractivity contribution in [2.45, 2.75) is 19.9 Å². The molecule has 5 nitrogen and oxygen atoms in total. The molecule has 1 aromatic rings. The van der Waals surface area contributed by atoms with Gasteiger partial charge in [-0.1, -0.05) is 18.5 Å². The number of hydrogen-bond donors (Lipinski definition) is 2. The number of fused-ring (bicyclic) bond motifs is 1. The maximum Gasteiger partial charge on any atom is 0.188 e. The lowest BCUT2D eigenvalue weighted by atomic mass is 10.2. The number of nitrogens with one attached hydrogen (secondary N) is 1. The van der Waals surface area contributed by atoms with Crippen molar-refractivity contribution in [2.24, 2.45) is 10.7 Å². The lowest BCUT2D eigenvalue weighted by molar-refractivity contribution is 0.171. The quantitative estimate of drug-likeness (QED) is 0.654. The van der Waals surface area contributed by atoms with Gasteiger partial charge in [0.15, 0.2) is 17.5 Å². The van der Waals surface area contributed by atoms with Crippen LogP contribution in [0.1, 0.15) is 18.9 Å². The molecule has 1 heterocycles. The molecule has 2 rings (SSSR count). The van der Waals surface area contributed by atoms with Gasteiger partial charge in [-0.3, -0.25) is 0 Å². The van der Waals surface area contributed by atoms with E-state index in [1.54, 1.807) is 0 Å². The van der Waals surface area contributed by atoms with Crippen molar-refractivity contribution in [3.8, 4) is 11.5 Å². The number of hydrogen-bond acceptors (Lipinski definition) is 3. The van der Waals surface area contributed by atoms with E-state index in [0.717, 1.165) is 18.5 Å².